The van der Waals surface area contributed by atoms with Crippen LogP contribution in [0.2, 0.25) is 10.0 Å². The molecule has 0 aliphatic rings. The van der Waals surface area contributed by atoms with Gasteiger partial charge in [0.25, 0.3) is 0 Å². The minimum absolute atomic E-state index is 0.0749. The highest BCUT2D eigenvalue weighted by molar-refractivity contribution is 6.38. The lowest BCUT2D eigenvalue weighted by Gasteiger charge is -2.10. The lowest BCUT2D eigenvalue weighted by atomic mass is 10.2. The van der Waals surface area contributed by atoms with Crippen LogP contribution in [0, 0.1) is 0 Å². The third kappa shape index (κ3) is 2.06. The predicted octanol–water partition coefficient (Wildman–Crippen LogP) is 1.92. The van der Waals surface area contributed by atoms with Gasteiger partial charge in [-0.05, 0) is 18.2 Å². The van der Waals surface area contributed by atoms with Crippen molar-refractivity contribution in [3.05, 3.63) is 40.6 Å². The number of rotatable bonds is 2. The molecule has 0 aliphatic carbocycles. The number of nitrogens with two attached hydrogens (primary N) is 2. The van der Waals surface area contributed by atoms with Crippen LogP contribution in [-0.2, 0) is 0 Å². The monoisotopic (exact) mass is 309 g/mol. The molecule has 102 valence electrons. The van der Waals surface area contributed by atoms with Crippen LogP contribution >= 0.6 is 23.2 Å². The summed E-state index contributed by atoms with van der Waals surface area (Å²) in [6, 6.07) is 5.10. The van der Waals surface area contributed by atoms with Gasteiger partial charge in [-0.15, -0.1) is 5.10 Å². The van der Waals surface area contributed by atoms with Crippen molar-refractivity contribution in [2.45, 2.75) is 0 Å². The maximum Gasteiger partial charge on any atom is 0.241 e. The number of halogens is 2. The zero-order valence-corrected chi connectivity index (χ0v) is 11.5. The Morgan fingerprint density at radius 2 is 1.80 bits per heavy atom. The SMILES string of the molecule is Nc1nc(N)n(-c2cc(Cl)c(-n3cccn3)c(Cl)c2)n1. The molecule has 0 fully saturated rings. The average molecular weight is 310 g/mol. The van der Waals surface area contributed by atoms with Crippen molar-refractivity contribution in [1.82, 2.24) is 24.5 Å². The van der Waals surface area contributed by atoms with E-state index in [4.69, 9.17) is 34.7 Å². The summed E-state index contributed by atoms with van der Waals surface area (Å²) < 4.78 is 2.94. The maximum absolute atomic E-state index is 6.26. The molecule has 0 saturated carbocycles. The molecule has 3 aromatic rings. The van der Waals surface area contributed by atoms with Crippen molar-refractivity contribution >= 4 is 35.1 Å². The molecule has 0 amide bonds. The number of aromatic nitrogens is 5. The molecular formula is C11H9Cl2N7. The van der Waals surface area contributed by atoms with Crippen molar-refractivity contribution in [2.75, 3.05) is 11.5 Å². The van der Waals surface area contributed by atoms with Crippen LogP contribution in [0.25, 0.3) is 11.4 Å². The summed E-state index contributed by atoms with van der Waals surface area (Å²) in [5.41, 5.74) is 12.4. The third-order valence-electron chi connectivity index (χ3n) is 2.63. The third-order valence-corrected chi connectivity index (χ3v) is 3.20. The second kappa shape index (κ2) is 4.69. The molecule has 0 spiro atoms. The van der Waals surface area contributed by atoms with Gasteiger partial charge in [-0.3, -0.25) is 0 Å². The molecule has 1 aromatic carbocycles. The van der Waals surface area contributed by atoms with Gasteiger partial charge in [-0.25, -0.2) is 4.68 Å². The summed E-state index contributed by atoms with van der Waals surface area (Å²) in [5.74, 6) is 0.229. The Kier molecular flexibility index (Phi) is 3.00. The molecule has 0 bridgehead atoms. The van der Waals surface area contributed by atoms with E-state index in [1.54, 1.807) is 35.3 Å². The van der Waals surface area contributed by atoms with Crippen LogP contribution in [0.3, 0.4) is 0 Å². The van der Waals surface area contributed by atoms with Gasteiger partial charge >= 0.3 is 0 Å². The normalized spacial score (nSPS) is 10.9. The van der Waals surface area contributed by atoms with Crippen LogP contribution in [0.4, 0.5) is 11.9 Å². The molecule has 0 radical (unpaired) electrons. The molecular weight excluding hydrogens is 301 g/mol. The summed E-state index contributed by atoms with van der Waals surface area (Å²) in [6.07, 6.45) is 3.38. The fourth-order valence-corrected chi connectivity index (χ4v) is 2.47. The quantitative estimate of drug-likeness (QED) is 0.753. The second-order valence-corrected chi connectivity index (χ2v) is 4.76. The largest absolute Gasteiger partial charge is 0.368 e. The first-order valence-corrected chi connectivity index (χ1v) is 6.29. The molecule has 20 heavy (non-hydrogen) atoms. The Hall–Kier alpha value is -2.25. The van der Waals surface area contributed by atoms with E-state index in [0.29, 0.717) is 21.4 Å². The highest BCUT2D eigenvalue weighted by atomic mass is 35.5. The molecule has 0 atom stereocenters. The predicted molar refractivity (Wildman–Crippen MR) is 77.3 cm³/mol. The minimum Gasteiger partial charge on any atom is -0.368 e. The summed E-state index contributed by atoms with van der Waals surface area (Å²) in [6.45, 7) is 0. The van der Waals surface area contributed by atoms with Crippen LogP contribution in [0.15, 0.2) is 30.6 Å². The van der Waals surface area contributed by atoms with E-state index in [-0.39, 0.29) is 11.9 Å². The fraction of sp³-hybridized carbons (Fsp3) is 0. The van der Waals surface area contributed by atoms with Crippen LogP contribution in [-0.4, -0.2) is 24.5 Å². The average Bonchev–Trinajstić information content (AvgIpc) is 2.98. The van der Waals surface area contributed by atoms with E-state index in [0.717, 1.165) is 0 Å². The second-order valence-electron chi connectivity index (χ2n) is 3.95. The Morgan fingerprint density at radius 1 is 1.10 bits per heavy atom. The highest BCUT2D eigenvalue weighted by Gasteiger charge is 2.14. The first-order chi connectivity index (χ1) is 9.56. The number of nitrogen functional groups attached to an aromatic ring is 2. The summed E-state index contributed by atoms with van der Waals surface area (Å²) >= 11 is 12.5. The van der Waals surface area contributed by atoms with Crippen molar-refractivity contribution in [3.63, 3.8) is 0 Å². The molecule has 7 nitrogen and oxygen atoms in total. The summed E-state index contributed by atoms with van der Waals surface area (Å²) in [7, 11) is 0. The first-order valence-electron chi connectivity index (χ1n) is 5.53. The molecule has 0 saturated heterocycles. The van der Waals surface area contributed by atoms with Gasteiger partial charge in [-0.1, -0.05) is 23.2 Å². The Morgan fingerprint density at radius 3 is 2.30 bits per heavy atom. The van der Waals surface area contributed by atoms with Crippen LogP contribution in [0.5, 0.6) is 0 Å². The summed E-state index contributed by atoms with van der Waals surface area (Å²) in [5, 5.41) is 8.89. The van der Waals surface area contributed by atoms with E-state index in [2.05, 4.69) is 15.2 Å². The molecule has 2 heterocycles. The van der Waals surface area contributed by atoms with Crippen molar-refractivity contribution in [1.29, 1.82) is 0 Å². The zero-order valence-electron chi connectivity index (χ0n) is 10.0. The molecule has 0 unspecified atom stereocenters. The van der Waals surface area contributed by atoms with Crippen LogP contribution < -0.4 is 11.5 Å². The Balaban J connectivity index is 2.15. The zero-order chi connectivity index (χ0) is 14.3. The van der Waals surface area contributed by atoms with E-state index < -0.39 is 0 Å². The van der Waals surface area contributed by atoms with Gasteiger partial charge in [0.15, 0.2) is 0 Å². The van der Waals surface area contributed by atoms with Gasteiger partial charge < -0.3 is 11.5 Å². The first kappa shape index (κ1) is 12.8. The maximum atomic E-state index is 6.26. The smallest absolute Gasteiger partial charge is 0.241 e. The van der Waals surface area contributed by atoms with Gasteiger partial charge in [0.2, 0.25) is 11.9 Å². The molecule has 4 N–H and O–H groups in total. The standard InChI is InChI=1S/C11H9Cl2N7/c12-7-4-6(20-11(15)17-10(14)18-20)5-8(13)9(7)19-3-1-2-16-19/h1-5H,(H4,14,15,17,18). The lowest BCUT2D eigenvalue weighted by molar-refractivity contribution is 0.870. The van der Waals surface area contributed by atoms with Crippen LogP contribution in [0.1, 0.15) is 0 Å². The van der Waals surface area contributed by atoms with Gasteiger partial charge in [-0.2, -0.15) is 14.8 Å². The fourth-order valence-electron chi connectivity index (χ4n) is 1.83. The Labute approximate surface area is 123 Å². The number of hydrogen-bond donors (Lipinski definition) is 2. The van der Waals surface area contributed by atoms with Gasteiger partial charge in [0, 0.05) is 12.4 Å². The molecule has 3 rings (SSSR count). The molecule has 0 aliphatic heterocycles. The van der Waals surface area contributed by atoms with Crippen molar-refractivity contribution < 1.29 is 0 Å². The van der Waals surface area contributed by atoms with E-state index in [1.807, 2.05) is 0 Å². The van der Waals surface area contributed by atoms with E-state index in [9.17, 15) is 0 Å². The van der Waals surface area contributed by atoms with Crippen molar-refractivity contribution in [2.24, 2.45) is 0 Å². The number of anilines is 2. The van der Waals surface area contributed by atoms with E-state index in [1.165, 1.54) is 4.68 Å². The number of benzene rings is 1. The summed E-state index contributed by atoms with van der Waals surface area (Å²) in [4.78, 5) is 3.82. The van der Waals surface area contributed by atoms with Crippen molar-refractivity contribution in [3.8, 4) is 11.4 Å². The molecule has 2 aromatic heterocycles. The Bertz CT molecular complexity index is 740. The number of nitrogens with zero attached hydrogens (tertiary/aromatic N) is 5. The van der Waals surface area contributed by atoms with Gasteiger partial charge in [0.05, 0.1) is 15.7 Å². The topological polar surface area (TPSA) is 101 Å². The lowest BCUT2D eigenvalue weighted by Crippen LogP contribution is -2.04. The minimum atomic E-state index is 0.0749. The van der Waals surface area contributed by atoms with Gasteiger partial charge in [0.1, 0.15) is 5.69 Å². The molecule has 9 heteroatoms. The highest BCUT2D eigenvalue weighted by Crippen LogP contribution is 2.31. The van der Waals surface area contributed by atoms with E-state index >= 15 is 0 Å². The number of hydrogen-bond acceptors (Lipinski definition) is 5.